The molecule has 0 saturated carbocycles. The predicted octanol–water partition coefficient (Wildman–Crippen LogP) is 1.14. The summed E-state index contributed by atoms with van der Waals surface area (Å²) in [5, 5.41) is 2.54. The van der Waals surface area contributed by atoms with Crippen LogP contribution in [-0.4, -0.2) is 31.4 Å². The molecule has 0 fully saturated rings. The minimum Gasteiger partial charge on any atom is -0.375 e. The lowest BCUT2D eigenvalue weighted by Gasteiger charge is -2.18. The van der Waals surface area contributed by atoms with Crippen LogP contribution >= 0.6 is 0 Å². The van der Waals surface area contributed by atoms with Crippen molar-refractivity contribution in [3.63, 3.8) is 0 Å². The first-order valence-corrected chi connectivity index (χ1v) is 6.37. The number of primary amides is 1. The number of benzene rings is 1. The number of nitrogens with one attached hydrogen (secondary N) is 1. The number of carbonyl (C=O) groups is 2. The normalized spacial score (nSPS) is 11.7. The van der Waals surface area contributed by atoms with Gasteiger partial charge in [-0.05, 0) is 37.6 Å². The lowest BCUT2D eigenvalue weighted by Crippen LogP contribution is -2.42. The highest BCUT2D eigenvalue weighted by Crippen LogP contribution is 2.14. The number of nitrogens with two attached hydrogens (primary N) is 1. The van der Waals surface area contributed by atoms with Crippen molar-refractivity contribution in [1.29, 1.82) is 0 Å². The second kappa shape index (κ2) is 6.78. The standard InChI is InChI=1S/C14H21N3O2/c1-4-9-17(3)12-7-5-11(6-8-12)14(19)16-10(2)13(15)18/h5-8,10H,4,9H2,1-3H3,(H2,15,18)(H,16,19)/t10-/m1/s1. The summed E-state index contributed by atoms with van der Waals surface area (Å²) in [5.74, 6) is -0.844. The van der Waals surface area contributed by atoms with E-state index in [9.17, 15) is 9.59 Å². The highest BCUT2D eigenvalue weighted by atomic mass is 16.2. The van der Waals surface area contributed by atoms with Crippen molar-refractivity contribution >= 4 is 17.5 Å². The second-order valence-corrected chi connectivity index (χ2v) is 4.57. The molecular formula is C14H21N3O2. The van der Waals surface area contributed by atoms with E-state index in [4.69, 9.17) is 5.73 Å². The summed E-state index contributed by atoms with van der Waals surface area (Å²) in [4.78, 5) is 24.8. The Morgan fingerprint density at radius 3 is 2.37 bits per heavy atom. The van der Waals surface area contributed by atoms with Gasteiger partial charge in [0.2, 0.25) is 5.91 Å². The highest BCUT2D eigenvalue weighted by molar-refractivity contribution is 5.97. The Hall–Kier alpha value is -2.04. The largest absolute Gasteiger partial charge is 0.375 e. The predicted molar refractivity (Wildman–Crippen MR) is 76.1 cm³/mol. The molecule has 0 aliphatic rings. The van der Waals surface area contributed by atoms with Gasteiger partial charge in [-0.2, -0.15) is 0 Å². The zero-order valence-corrected chi connectivity index (χ0v) is 11.6. The number of anilines is 1. The molecule has 1 rings (SSSR count). The molecule has 104 valence electrons. The van der Waals surface area contributed by atoms with Crippen LogP contribution in [0.15, 0.2) is 24.3 Å². The third-order valence-electron chi connectivity index (χ3n) is 2.90. The maximum Gasteiger partial charge on any atom is 0.251 e. The first-order chi connectivity index (χ1) is 8.95. The molecule has 0 unspecified atom stereocenters. The highest BCUT2D eigenvalue weighted by Gasteiger charge is 2.13. The van der Waals surface area contributed by atoms with Crippen molar-refractivity contribution in [3.8, 4) is 0 Å². The van der Waals surface area contributed by atoms with Crippen LogP contribution in [0.4, 0.5) is 5.69 Å². The van der Waals surface area contributed by atoms with E-state index < -0.39 is 11.9 Å². The van der Waals surface area contributed by atoms with Gasteiger partial charge in [-0.15, -0.1) is 0 Å². The topological polar surface area (TPSA) is 75.4 Å². The average molecular weight is 263 g/mol. The van der Waals surface area contributed by atoms with Gasteiger partial charge in [0.05, 0.1) is 0 Å². The smallest absolute Gasteiger partial charge is 0.251 e. The van der Waals surface area contributed by atoms with Crippen LogP contribution in [0, 0.1) is 0 Å². The Balaban J connectivity index is 2.70. The number of hydrogen-bond acceptors (Lipinski definition) is 3. The molecule has 3 N–H and O–H groups in total. The van der Waals surface area contributed by atoms with E-state index in [1.807, 2.05) is 19.2 Å². The maximum atomic E-state index is 11.8. The van der Waals surface area contributed by atoms with Crippen LogP contribution in [0.5, 0.6) is 0 Å². The number of nitrogens with zero attached hydrogens (tertiary/aromatic N) is 1. The SMILES string of the molecule is CCCN(C)c1ccc(C(=O)N[C@H](C)C(N)=O)cc1. The average Bonchev–Trinajstić information content (AvgIpc) is 2.39. The minimum absolute atomic E-state index is 0.295. The molecule has 1 aromatic rings. The molecule has 1 aromatic carbocycles. The molecular weight excluding hydrogens is 242 g/mol. The van der Waals surface area contributed by atoms with Crippen molar-refractivity contribution in [1.82, 2.24) is 5.32 Å². The number of amides is 2. The second-order valence-electron chi connectivity index (χ2n) is 4.57. The number of hydrogen-bond donors (Lipinski definition) is 2. The van der Waals surface area contributed by atoms with Gasteiger partial charge in [-0.3, -0.25) is 9.59 Å². The Kier molecular flexibility index (Phi) is 5.36. The molecule has 0 aliphatic carbocycles. The Bertz CT molecular complexity index is 443. The lowest BCUT2D eigenvalue weighted by molar-refractivity contribution is -0.119. The summed E-state index contributed by atoms with van der Waals surface area (Å²) in [6.45, 7) is 4.64. The Morgan fingerprint density at radius 1 is 1.32 bits per heavy atom. The fraction of sp³-hybridized carbons (Fsp3) is 0.429. The van der Waals surface area contributed by atoms with Crippen LogP contribution < -0.4 is 16.0 Å². The first-order valence-electron chi connectivity index (χ1n) is 6.37. The van der Waals surface area contributed by atoms with Gasteiger partial charge < -0.3 is 16.0 Å². The fourth-order valence-corrected chi connectivity index (χ4v) is 1.68. The summed E-state index contributed by atoms with van der Waals surface area (Å²) in [6, 6.07) is 6.59. The molecule has 0 aliphatic heterocycles. The van der Waals surface area contributed by atoms with Gasteiger partial charge in [0.25, 0.3) is 5.91 Å². The monoisotopic (exact) mass is 263 g/mol. The summed E-state index contributed by atoms with van der Waals surface area (Å²) in [5.41, 5.74) is 6.67. The van der Waals surface area contributed by atoms with E-state index in [-0.39, 0.29) is 5.91 Å². The van der Waals surface area contributed by atoms with E-state index in [1.165, 1.54) is 0 Å². The third kappa shape index (κ3) is 4.28. The van der Waals surface area contributed by atoms with E-state index in [2.05, 4.69) is 17.1 Å². The molecule has 0 bridgehead atoms. The molecule has 0 aromatic heterocycles. The Labute approximate surface area is 113 Å². The van der Waals surface area contributed by atoms with Crippen LogP contribution in [0.3, 0.4) is 0 Å². The van der Waals surface area contributed by atoms with Crippen molar-refractivity contribution in [2.24, 2.45) is 5.73 Å². The fourth-order valence-electron chi connectivity index (χ4n) is 1.68. The molecule has 5 heteroatoms. The molecule has 0 heterocycles. The van der Waals surface area contributed by atoms with Gasteiger partial charge in [0, 0.05) is 24.8 Å². The molecule has 19 heavy (non-hydrogen) atoms. The molecule has 0 spiro atoms. The minimum atomic E-state index is -0.671. The summed E-state index contributed by atoms with van der Waals surface area (Å²) in [6.07, 6.45) is 1.06. The maximum absolute atomic E-state index is 11.8. The zero-order chi connectivity index (χ0) is 14.4. The van der Waals surface area contributed by atoms with E-state index >= 15 is 0 Å². The van der Waals surface area contributed by atoms with Crippen molar-refractivity contribution < 1.29 is 9.59 Å². The molecule has 5 nitrogen and oxygen atoms in total. The molecule has 0 saturated heterocycles. The Morgan fingerprint density at radius 2 is 1.89 bits per heavy atom. The van der Waals surface area contributed by atoms with Crippen LogP contribution in [-0.2, 0) is 4.79 Å². The van der Waals surface area contributed by atoms with Crippen LogP contribution in [0.25, 0.3) is 0 Å². The van der Waals surface area contributed by atoms with Crippen molar-refractivity contribution in [3.05, 3.63) is 29.8 Å². The quantitative estimate of drug-likeness (QED) is 0.808. The van der Waals surface area contributed by atoms with E-state index in [0.29, 0.717) is 5.56 Å². The van der Waals surface area contributed by atoms with Gasteiger partial charge in [-0.25, -0.2) is 0 Å². The zero-order valence-electron chi connectivity index (χ0n) is 11.6. The summed E-state index contributed by atoms with van der Waals surface area (Å²) >= 11 is 0. The van der Waals surface area contributed by atoms with Crippen molar-refractivity contribution in [2.75, 3.05) is 18.5 Å². The lowest BCUT2D eigenvalue weighted by atomic mass is 10.1. The third-order valence-corrected chi connectivity index (χ3v) is 2.90. The van der Waals surface area contributed by atoms with Gasteiger partial charge >= 0.3 is 0 Å². The van der Waals surface area contributed by atoms with Gasteiger partial charge in [0.1, 0.15) is 6.04 Å². The van der Waals surface area contributed by atoms with Crippen LogP contribution in [0.2, 0.25) is 0 Å². The van der Waals surface area contributed by atoms with Gasteiger partial charge in [0.15, 0.2) is 0 Å². The van der Waals surface area contributed by atoms with Crippen LogP contribution in [0.1, 0.15) is 30.6 Å². The summed E-state index contributed by atoms with van der Waals surface area (Å²) in [7, 11) is 2.01. The molecule has 2 amide bonds. The van der Waals surface area contributed by atoms with Gasteiger partial charge in [-0.1, -0.05) is 6.92 Å². The number of rotatable bonds is 6. The van der Waals surface area contributed by atoms with Crippen molar-refractivity contribution in [2.45, 2.75) is 26.3 Å². The first kappa shape index (κ1) is 15.0. The molecule has 1 atom stereocenters. The molecule has 0 radical (unpaired) electrons. The van der Waals surface area contributed by atoms with E-state index in [1.54, 1.807) is 19.1 Å². The summed E-state index contributed by atoms with van der Waals surface area (Å²) < 4.78 is 0. The number of carbonyl (C=O) groups excluding carboxylic acids is 2. The van der Waals surface area contributed by atoms with E-state index in [0.717, 1.165) is 18.7 Å².